The molecule has 0 radical (unpaired) electrons. The van der Waals surface area contributed by atoms with E-state index in [4.69, 9.17) is 11.6 Å². The van der Waals surface area contributed by atoms with E-state index in [2.05, 4.69) is 65.4 Å². The van der Waals surface area contributed by atoms with Gasteiger partial charge in [0.1, 0.15) is 11.8 Å². The van der Waals surface area contributed by atoms with E-state index in [1.807, 2.05) is 44.3 Å². The predicted molar refractivity (Wildman–Crippen MR) is 156 cm³/mol. The Bertz CT molecular complexity index is 1630. The second-order valence-corrected chi connectivity index (χ2v) is 11.1. The molecular weight excluding hydrogens is 508 g/mol. The van der Waals surface area contributed by atoms with Crippen LogP contribution in [-0.4, -0.2) is 26.5 Å². The Hall–Kier alpha value is -4.40. The van der Waals surface area contributed by atoms with Gasteiger partial charge in [-0.15, -0.1) is 5.10 Å². The number of halogens is 1. The molecule has 0 saturated heterocycles. The van der Waals surface area contributed by atoms with Crippen LogP contribution in [0.2, 0.25) is 5.02 Å². The fraction of sp³-hybridized carbons (Fsp3) is 0.300. The number of nitrogens with zero attached hydrogens (tertiary/aromatic N) is 6. The molecule has 0 aliphatic heterocycles. The molecule has 0 unspecified atom stereocenters. The first-order valence-corrected chi connectivity index (χ1v) is 13.1. The number of allylic oxidation sites excluding steroid dienone is 1. The second kappa shape index (κ2) is 11.1. The average Bonchev–Trinajstić information content (AvgIpc) is 3.40. The zero-order chi connectivity index (χ0) is 28.3. The first-order chi connectivity index (χ1) is 18.6. The summed E-state index contributed by atoms with van der Waals surface area (Å²) in [5.74, 6) is 0. The number of nitrogens with one attached hydrogen (secondary N) is 2. The van der Waals surface area contributed by atoms with Gasteiger partial charge in [0.25, 0.3) is 0 Å². The Labute approximate surface area is 233 Å². The van der Waals surface area contributed by atoms with Gasteiger partial charge in [-0.05, 0) is 48.1 Å². The lowest BCUT2D eigenvalue weighted by Crippen LogP contribution is -2.20. The van der Waals surface area contributed by atoms with Gasteiger partial charge >= 0.3 is 0 Å². The molecule has 2 N–H and O–H groups in total. The number of fused-ring (bicyclic) bond motifs is 1. The van der Waals surface area contributed by atoms with Gasteiger partial charge in [-0.3, -0.25) is 4.98 Å². The third-order valence-electron chi connectivity index (χ3n) is 6.50. The van der Waals surface area contributed by atoms with Crippen LogP contribution < -0.4 is 10.6 Å². The van der Waals surface area contributed by atoms with Crippen molar-refractivity contribution >= 4 is 39.6 Å². The van der Waals surface area contributed by atoms with E-state index >= 15 is 0 Å². The molecular formula is C30H31ClN8. The van der Waals surface area contributed by atoms with Crippen molar-refractivity contribution in [2.75, 3.05) is 17.2 Å². The maximum absolute atomic E-state index is 9.81. The molecule has 39 heavy (non-hydrogen) atoms. The molecule has 198 valence electrons. The van der Waals surface area contributed by atoms with Crippen LogP contribution in [0.4, 0.5) is 11.4 Å². The number of pyridine rings is 1. The highest BCUT2D eigenvalue weighted by molar-refractivity contribution is 6.35. The van der Waals surface area contributed by atoms with Gasteiger partial charge in [0.05, 0.1) is 45.7 Å². The summed E-state index contributed by atoms with van der Waals surface area (Å²) in [6, 6.07) is 13.4. The number of rotatable bonds is 8. The van der Waals surface area contributed by atoms with Crippen molar-refractivity contribution in [2.45, 2.75) is 47.1 Å². The molecule has 0 saturated carbocycles. The molecule has 2 heterocycles. The van der Waals surface area contributed by atoms with Crippen LogP contribution >= 0.6 is 11.6 Å². The molecule has 4 aromatic rings. The lowest BCUT2D eigenvalue weighted by molar-refractivity contribution is 0.443. The molecule has 0 spiro atoms. The molecule has 8 nitrogen and oxygen atoms in total. The van der Waals surface area contributed by atoms with Crippen LogP contribution in [0.5, 0.6) is 0 Å². The Balaban J connectivity index is 1.87. The molecule has 0 bridgehead atoms. The lowest BCUT2D eigenvalue weighted by Gasteiger charge is -2.23. The van der Waals surface area contributed by atoms with Gasteiger partial charge in [-0.25, -0.2) is 4.68 Å². The number of aromatic nitrogens is 4. The maximum Gasteiger partial charge on any atom is 0.110 e. The van der Waals surface area contributed by atoms with Crippen molar-refractivity contribution < 1.29 is 0 Å². The average molecular weight is 539 g/mol. The number of nitriles is 2. The SMILES string of the molecule is C=C(CC)n1cc([C@@H](Nc2cc(Cl)c3ncc(C#N)c(NCC(C)(C)C)c3c2)c2cccc(C#N)c2C)nn1. The number of hydrogen-bond donors (Lipinski definition) is 2. The molecule has 9 heteroatoms. The van der Waals surface area contributed by atoms with Crippen LogP contribution in [0.3, 0.4) is 0 Å². The fourth-order valence-corrected chi connectivity index (χ4v) is 4.53. The second-order valence-electron chi connectivity index (χ2n) is 10.6. The first kappa shape index (κ1) is 27.6. The van der Waals surface area contributed by atoms with Crippen molar-refractivity contribution in [1.29, 1.82) is 10.5 Å². The van der Waals surface area contributed by atoms with Crippen molar-refractivity contribution in [1.82, 2.24) is 20.0 Å². The predicted octanol–water partition coefficient (Wildman–Crippen LogP) is 7.07. The number of hydrogen-bond acceptors (Lipinski definition) is 7. The Morgan fingerprint density at radius 1 is 1.18 bits per heavy atom. The summed E-state index contributed by atoms with van der Waals surface area (Å²) in [4.78, 5) is 4.47. The molecule has 2 aromatic heterocycles. The zero-order valence-electron chi connectivity index (χ0n) is 22.8. The van der Waals surface area contributed by atoms with Crippen molar-refractivity contribution in [3.8, 4) is 12.1 Å². The molecule has 2 aromatic carbocycles. The van der Waals surface area contributed by atoms with E-state index in [-0.39, 0.29) is 5.41 Å². The summed E-state index contributed by atoms with van der Waals surface area (Å²) in [7, 11) is 0. The highest BCUT2D eigenvalue weighted by Gasteiger charge is 2.23. The summed E-state index contributed by atoms with van der Waals surface area (Å²) in [5.41, 5.74) is 6.21. The Kier molecular flexibility index (Phi) is 7.90. The third-order valence-corrected chi connectivity index (χ3v) is 6.79. The topological polar surface area (TPSA) is 115 Å². The molecule has 4 rings (SSSR count). The van der Waals surface area contributed by atoms with E-state index in [0.717, 1.165) is 28.6 Å². The minimum atomic E-state index is -0.441. The zero-order valence-corrected chi connectivity index (χ0v) is 23.6. The largest absolute Gasteiger partial charge is 0.383 e. The first-order valence-electron chi connectivity index (χ1n) is 12.7. The Morgan fingerprint density at radius 2 is 1.92 bits per heavy atom. The van der Waals surface area contributed by atoms with Gasteiger partial charge in [0.15, 0.2) is 0 Å². The summed E-state index contributed by atoms with van der Waals surface area (Å²) in [6.07, 6.45) is 4.11. The van der Waals surface area contributed by atoms with Crippen LogP contribution in [0, 0.1) is 35.0 Å². The van der Waals surface area contributed by atoms with Crippen LogP contribution in [0.1, 0.15) is 68.1 Å². The third kappa shape index (κ3) is 5.87. The van der Waals surface area contributed by atoms with E-state index < -0.39 is 6.04 Å². The Morgan fingerprint density at radius 3 is 2.59 bits per heavy atom. The van der Waals surface area contributed by atoms with E-state index in [0.29, 0.717) is 45.3 Å². The highest BCUT2D eigenvalue weighted by atomic mass is 35.5. The fourth-order valence-electron chi connectivity index (χ4n) is 4.26. The normalized spacial score (nSPS) is 12.0. The van der Waals surface area contributed by atoms with Gasteiger partial charge < -0.3 is 10.6 Å². The monoisotopic (exact) mass is 538 g/mol. The molecule has 1 atom stereocenters. The van der Waals surface area contributed by atoms with Crippen molar-refractivity contribution in [3.63, 3.8) is 0 Å². The molecule has 0 aliphatic rings. The minimum Gasteiger partial charge on any atom is -0.383 e. The van der Waals surface area contributed by atoms with Gasteiger partial charge in [-0.1, -0.05) is 63.2 Å². The van der Waals surface area contributed by atoms with Crippen molar-refractivity contribution in [2.24, 2.45) is 5.41 Å². The van der Waals surface area contributed by atoms with Gasteiger partial charge in [-0.2, -0.15) is 10.5 Å². The summed E-state index contributed by atoms with van der Waals surface area (Å²) in [6.45, 7) is 15.0. The lowest BCUT2D eigenvalue weighted by atomic mass is 9.95. The quantitative estimate of drug-likeness (QED) is 0.246. The van der Waals surface area contributed by atoms with E-state index in [1.54, 1.807) is 16.9 Å². The number of anilines is 2. The summed E-state index contributed by atoms with van der Waals surface area (Å²) in [5, 5.41) is 36.4. The van der Waals surface area contributed by atoms with E-state index in [1.165, 1.54) is 0 Å². The standard InChI is InChI=1S/C30H31ClN8/c1-7-18(2)39-16-26(37-38-39)29(23-10-8-9-20(13-32)19(23)3)36-22-11-24-27(35-17-30(4,5)6)21(14-33)15-34-28(24)25(31)12-22/h8-12,15-16,29,36H,2,7,17H2,1,3-6H3,(H,34,35)/t29-/m0/s1. The summed E-state index contributed by atoms with van der Waals surface area (Å²) < 4.78 is 1.67. The summed E-state index contributed by atoms with van der Waals surface area (Å²) >= 11 is 6.74. The smallest absolute Gasteiger partial charge is 0.110 e. The van der Waals surface area contributed by atoms with E-state index in [9.17, 15) is 10.5 Å². The number of benzene rings is 2. The van der Waals surface area contributed by atoms with Crippen LogP contribution in [0.25, 0.3) is 16.6 Å². The molecule has 0 fully saturated rings. The van der Waals surface area contributed by atoms with Crippen molar-refractivity contribution in [3.05, 3.63) is 82.3 Å². The molecule has 0 aliphatic carbocycles. The highest BCUT2D eigenvalue weighted by Crippen LogP contribution is 2.36. The molecule has 0 amide bonds. The van der Waals surface area contributed by atoms with Crippen LogP contribution in [0.15, 0.2) is 49.3 Å². The van der Waals surface area contributed by atoms with Gasteiger partial charge in [0, 0.05) is 29.5 Å². The van der Waals surface area contributed by atoms with Gasteiger partial charge in [0.2, 0.25) is 0 Å². The van der Waals surface area contributed by atoms with Crippen LogP contribution in [-0.2, 0) is 0 Å². The maximum atomic E-state index is 9.81. The minimum absolute atomic E-state index is 0.00925.